The molecule has 0 aliphatic carbocycles. The molecule has 0 aliphatic heterocycles. The molecule has 5 nitrogen and oxygen atoms in total. The summed E-state index contributed by atoms with van der Waals surface area (Å²) in [5.41, 5.74) is 3.65. The van der Waals surface area contributed by atoms with E-state index in [1.54, 1.807) is 28.0 Å². The fourth-order valence-corrected chi connectivity index (χ4v) is 5.02. The number of rotatable bonds is 7. The van der Waals surface area contributed by atoms with Gasteiger partial charge in [0.2, 0.25) is 0 Å². The molecule has 0 radical (unpaired) electrons. The van der Waals surface area contributed by atoms with Gasteiger partial charge in [-0.25, -0.2) is 4.98 Å². The topological polar surface area (TPSA) is 51.0 Å². The van der Waals surface area contributed by atoms with Crippen molar-refractivity contribution >= 4 is 44.4 Å². The molecule has 30 heavy (non-hydrogen) atoms. The second-order valence-corrected chi connectivity index (χ2v) is 9.38. The summed E-state index contributed by atoms with van der Waals surface area (Å²) >= 11 is 3.31. The fraction of sp³-hybridized carbons (Fsp3) is 0.261. The number of aromatic nitrogens is 3. The average Bonchev–Trinajstić information content (AvgIpc) is 3.31. The number of anilines is 1. The number of aryl methyl sites for hydroxylation is 2. The zero-order valence-electron chi connectivity index (χ0n) is 17.3. The molecule has 0 unspecified atom stereocenters. The number of carbonyl (C=O) groups excluding carboxylic acids is 1. The lowest BCUT2D eigenvalue weighted by Gasteiger charge is -2.20. The molecule has 0 saturated carbocycles. The number of hydrogen-bond acceptors (Lipinski definition) is 5. The van der Waals surface area contributed by atoms with Gasteiger partial charge in [-0.1, -0.05) is 30.4 Å². The van der Waals surface area contributed by atoms with E-state index >= 15 is 0 Å². The molecule has 2 aromatic carbocycles. The molecule has 0 atom stereocenters. The minimum Gasteiger partial charge on any atom is -0.282 e. The van der Waals surface area contributed by atoms with Crippen LogP contribution in [-0.2, 0) is 6.54 Å². The average molecular weight is 437 g/mol. The van der Waals surface area contributed by atoms with E-state index in [9.17, 15) is 4.79 Å². The van der Waals surface area contributed by atoms with E-state index in [1.807, 2.05) is 73.1 Å². The Kier molecular flexibility index (Phi) is 6.20. The highest BCUT2D eigenvalue weighted by Crippen LogP contribution is 2.30. The SMILES string of the molecule is CCSc1ccc(C(=O)N(CCn2nc(C)cc2C)c2nc3ccccc3s2)cc1. The Bertz CT molecular complexity index is 1130. The first-order valence-corrected chi connectivity index (χ1v) is 11.8. The standard InChI is InChI=1S/C23H24N4OS2/c1-4-29-19-11-9-18(10-12-19)22(28)26(13-14-27-17(3)15-16(2)25-27)23-24-20-7-5-6-8-21(20)30-23/h5-12,15H,4,13-14H2,1-3H3. The van der Waals surface area contributed by atoms with Crippen molar-refractivity contribution in [1.29, 1.82) is 0 Å². The Morgan fingerprint density at radius 3 is 2.57 bits per heavy atom. The first kappa shape index (κ1) is 20.6. The van der Waals surface area contributed by atoms with Gasteiger partial charge < -0.3 is 0 Å². The van der Waals surface area contributed by atoms with Gasteiger partial charge in [0.25, 0.3) is 5.91 Å². The molecule has 4 rings (SSSR count). The van der Waals surface area contributed by atoms with Crippen LogP contribution in [0.1, 0.15) is 28.7 Å². The van der Waals surface area contributed by atoms with Crippen molar-refractivity contribution in [3.63, 3.8) is 0 Å². The minimum absolute atomic E-state index is 0.0383. The summed E-state index contributed by atoms with van der Waals surface area (Å²) in [7, 11) is 0. The van der Waals surface area contributed by atoms with Crippen molar-refractivity contribution in [3.8, 4) is 0 Å². The fourth-order valence-electron chi connectivity index (χ4n) is 3.37. The molecule has 0 bridgehead atoms. The molecule has 0 saturated heterocycles. The van der Waals surface area contributed by atoms with Crippen LogP contribution in [0.5, 0.6) is 0 Å². The molecule has 2 heterocycles. The lowest BCUT2D eigenvalue weighted by Crippen LogP contribution is -2.34. The van der Waals surface area contributed by atoms with E-state index in [4.69, 9.17) is 4.98 Å². The van der Waals surface area contributed by atoms with Crippen molar-refractivity contribution in [3.05, 3.63) is 71.5 Å². The summed E-state index contributed by atoms with van der Waals surface area (Å²) in [6, 6.07) is 17.9. The summed E-state index contributed by atoms with van der Waals surface area (Å²) in [5, 5.41) is 5.26. The van der Waals surface area contributed by atoms with Crippen LogP contribution in [0.2, 0.25) is 0 Å². The molecule has 1 amide bonds. The van der Waals surface area contributed by atoms with Crippen LogP contribution >= 0.6 is 23.1 Å². The first-order chi connectivity index (χ1) is 14.5. The van der Waals surface area contributed by atoms with Gasteiger partial charge in [-0.05, 0) is 62.1 Å². The molecule has 154 valence electrons. The molecule has 0 fully saturated rings. The Hall–Kier alpha value is -2.64. The van der Waals surface area contributed by atoms with Crippen LogP contribution in [0.15, 0.2) is 59.5 Å². The van der Waals surface area contributed by atoms with Crippen LogP contribution < -0.4 is 4.90 Å². The van der Waals surface area contributed by atoms with Crippen LogP contribution in [0.25, 0.3) is 10.2 Å². The minimum atomic E-state index is -0.0383. The van der Waals surface area contributed by atoms with Crippen molar-refractivity contribution in [1.82, 2.24) is 14.8 Å². The van der Waals surface area contributed by atoms with Crippen molar-refractivity contribution in [2.75, 3.05) is 17.2 Å². The van der Waals surface area contributed by atoms with Gasteiger partial charge in [0.05, 0.1) is 22.5 Å². The van der Waals surface area contributed by atoms with Crippen LogP contribution in [0.3, 0.4) is 0 Å². The molecular formula is C23H24N4OS2. The highest BCUT2D eigenvalue weighted by atomic mass is 32.2. The lowest BCUT2D eigenvalue weighted by molar-refractivity contribution is 0.0985. The van der Waals surface area contributed by atoms with Crippen molar-refractivity contribution < 1.29 is 4.79 Å². The van der Waals surface area contributed by atoms with Crippen LogP contribution in [-0.4, -0.2) is 33.0 Å². The zero-order valence-corrected chi connectivity index (χ0v) is 19.0. The van der Waals surface area contributed by atoms with E-state index in [0.29, 0.717) is 18.7 Å². The van der Waals surface area contributed by atoms with E-state index in [-0.39, 0.29) is 5.91 Å². The summed E-state index contributed by atoms with van der Waals surface area (Å²) in [6.45, 7) is 7.26. The zero-order chi connectivity index (χ0) is 21.1. The Morgan fingerprint density at radius 1 is 1.13 bits per heavy atom. The van der Waals surface area contributed by atoms with Crippen LogP contribution in [0.4, 0.5) is 5.13 Å². The van der Waals surface area contributed by atoms with Crippen molar-refractivity contribution in [2.24, 2.45) is 0 Å². The third-order valence-electron chi connectivity index (χ3n) is 4.81. The summed E-state index contributed by atoms with van der Waals surface area (Å²) < 4.78 is 3.02. The Morgan fingerprint density at radius 2 is 1.90 bits per heavy atom. The van der Waals surface area contributed by atoms with Gasteiger partial charge >= 0.3 is 0 Å². The number of thiazole rings is 1. The van der Waals surface area contributed by atoms with E-state index < -0.39 is 0 Å². The normalized spacial score (nSPS) is 11.2. The maximum Gasteiger partial charge on any atom is 0.260 e. The van der Waals surface area contributed by atoms with Gasteiger partial charge in [0, 0.05) is 22.7 Å². The van der Waals surface area contributed by atoms with Gasteiger partial charge in [0.1, 0.15) is 0 Å². The molecule has 2 aromatic heterocycles. The third-order valence-corrected chi connectivity index (χ3v) is 6.76. The van der Waals surface area contributed by atoms with Gasteiger partial charge in [-0.2, -0.15) is 5.10 Å². The van der Waals surface area contributed by atoms with Gasteiger partial charge in [-0.3, -0.25) is 14.4 Å². The third kappa shape index (κ3) is 4.42. The number of amides is 1. The number of hydrogen-bond donors (Lipinski definition) is 0. The Labute approximate surface area is 184 Å². The number of para-hydroxylation sites is 1. The van der Waals surface area contributed by atoms with E-state index in [2.05, 4.69) is 12.0 Å². The molecule has 4 aromatic rings. The first-order valence-electron chi connectivity index (χ1n) is 9.96. The monoisotopic (exact) mass is 436 g/mol. The second-order valence-electron chi connectivity index (χ2n) is 7.03. The number of fused-ring (bicyclic) bond motifs is 1. The summed E-state index contributed by atoms with van der Waals surface area (Å²) in [4.78, 5) is 21.1. The van der Waals surface area contributed by atoms with Crippen LogP contribution in [0, 0.1) is 13.8 Å². The molecular weight excluding hydrogens is 412 g/mol. The number of benzene rings is 2. The molecule has 7 heteroatoms. The van der Waals surface area contributed by atoms with E-state index in [0.717, 1.165) is 32.5 Å². The Balaban J connectivity index is 1.65. The molecule has 0 aliphatic rings. The lowest BCUT2D eigenvalue weighted by atomic mass is 10.2. The second kappa shape index (κ2) is 9.02. The van der Waals surface area contributed by atoms with E-state index in [1.165, 1.54) is 4.90 Å². The maximum absolute atomic E-state index is 13.5. The highest BCUT2D eigenvalue weighted by molar-refractivity contribution is 7.99. The van der Waals surface area contributed by atoms with Gasteiger partial charge in [-0.15, -0.1) is 11.8 Å². The summed E-state index contributed by atoms with van der Waals surface area (Å²) in [6.07, 6.45) is 0. The smallest absolute Gasteiger partial charge is 0.260 e. The highest BCUT2D eigenvalue weighted by Gasteiger charge is 2.21. The predicted octanol–water partition coefficient (Wildman–Crippen LogP) is 5.57. The number of thioether (sulfide) groups is 1. The predicted molar refractivity (Wildman–Crippen MR) is 126 cm³/mol. The quantitative estimate of drug-likeness (QED) is 0.356. The van der Waals surface area contributed by atoms with Gasteiger partial charge in [0.15, 0.2) is 5.13 Å². The molecule has 0 spiro atoms. The van der Waals surface area contributed by atoms with Crippen molar-refractivity contribution in [2.45, 2.75) is 32.2 Å². The maximum atomic E-state index is 13.5. The molecule has 0 N–H and O–H groups in total. The number of nitrogens with zero attached hydrogens (tertiary/aromatic N) is 4. The number of carbonyl (C=O) groups is 1. The largest absolute Gasteiger partial charge is 0.282 e. The summed E-state index contributed by atoms with van der Waals surface area (Å²) in [5.74, 6) is 0.969.